The molecule has 7 aromatic carbocycles. The maximum absolute atomic E-state index is 7.24. The lowest BCUT2D eigenvalue weighted by molar-refractivity contribution is 1.04. The molecule has 0 heterocycles. The Balaban J connectivity index is 0.000000195. The number of rotatable bonds is 7. The fourth-order valence-electron chi connectivity index (χ4n) is 6.23. The molecule has 8 N–H and O–H groups in total. The van der Waals surface area contributed by atoms with Crippen molar-refractivity contribution in [1.29, 1.82) is 10.8 Å². The number of nitrogens with one attached hydrogen (secondary N) is 2. The highest BCUT2D eigenvalue weighted by atomic mass is 14.7. The van der Waals surface area contributed by atoms with Crippen LogP contribution >= 0.6 is 0 Å². The van der Waals surface area contributed by atoms with E-state index < -0.39 is 0 Å². The summed E-state index contributed by atoms with van der Waals surface area (Å²) in [6, 6.07) is 65.3. The second-order valence-corrected chi connectivity index (χ2v) is 14.3. The molecule has 5 heteroatoms. The Hall–Kier alpha value is -6.92. The molecule has 0 aliphatic heterocycles. The Bertz CT molecular complexity index is 2350. The molecule has 60 heavy (non-hydrogen) atoms. The summed E-state index contributed by atoms with van der Waals surface area (Å²) in [5, 5.41) is 14.2. The molecular formula is C55H59N5. The van der Waals surface area contributed by atoms with Crippen LogP contribution in [0.5, 0.6) is 0 Å². The Morgan fingerprint density at radius 1 is 0.433 bits per heavy atom. The lowest BCUT2D eigenvalue weighted by Gasteiger charge is -2.18. The third-order valence-corrected chi connectivity index (χ3v) is 9.46. The number of aryl methyl sites for hydroxylation is 2. The van der Waals surface area contributed by atoms with Crippen LogP contribution in [-0.4, -0.2) is 11.5 Å². The molecule has 0 spiro atoms. The van der Waals surface area contributed by atoms with Gasteiger partial charge in [0.2, 0.25) is 0 Å². The van der Waals surface area contributed by atoms with Gasteiger partial charge >= 0.3 is 0 Å². The van der Waals surface area contributed by atoms with Crippen molar-refractivity contribution in [2.24, 2.45) is 17.2 Å². The molecular weight excluding hydrogens is 731 g/mol. The van der Waals surface area contributed by atoms with Crippen LogP contribution in [0, 0.1) is 24.7 Å². The minimum absolute atomic E-state index is 0.121. The first-order chi connectivity index (χ1) is 29.2. The van der Waals surface area contributed by atoms with Gasteiger partial charge in [-0.1, -0.05) is 205 Å². The fraction of sp³-hybridized carbons (Fsp3) is 0.127. The summed E-state index contributed by atoms with van der Waals surface area (Å²) in [5.74, 6) is 0.121. The van der Waals surface area contributed by atoms with E-state index in [0.29, 0.717) is 18.8 Å². The summed E-state index contributed by atoms with van der Waals surface area (Å²) in [6.45, 7) is 7.23. The molecule has 0 fully saturated rings. The van der Waals surface area contributed by atoms with E-state index in [2.05, 4.69) is 111 Å². The first-order valence-corrected chi connectivity index (χ1v) is 20.3. The Morgan fingerprint density at radius 3 is 1.25 bits per heavy atom. The van der Waals surface area contributed by atoms with Crippen molar-refractivity contribution < 1.29 is 0 Å². The predicted molar refractivity (Wildman–Crippen MR) is 258 cm³/mol. The predicted octanol–water partition coefficient (Wildman–Crippen LogP) is 12.6. The summed E-state index contributed by atoms with van der Waals surface area (Å²) >= 11 is 0. The van der Waals surface area contributed by atoms with Crippen molar-refractivity contribution in [2.45, 2.75) is 46.7 Å². The number of amidine groups is 1. The summed E-state index contributed by atoms with van der Waals surface area (Å²) in [5.41, 5.74) is 31.4. The standard InChI is InChI=1S/C26H25N.C8H9N.C7H8N2.C7H9N.C7H8/c1-19-7-4-11-23(15-19)25-13-2-3-14-26(25)24-12-6-10-22(17-24)21-9-5-8-20(16-21)18-27;1-7(9)8-5-3-2-4-6-8;8-7(9)6-4-2-1-3-5-6;8-6-7-4-2-1-3-5-7;1-7-5-3-2-4-6-7/h4-17H,2-3,18,27H2,1H3;2-6,9H,1H3;1-5H,(H3,8,9);1-5H,6,8H2;2-6H,1H3. The first-order valence-electron chi connectivity index (χ1n) is 20.3. The van der Waals surface area contributed by atoms with Gasteiger partial charge in [0.05, 0.1) is 0 Å². The summed E-state index contributed by atoms with van der Waals surface area (Å²) in [4.78, 5) is 0. The van der Waals surface area contributed by atoms with E-state index >= 15 is 0 Å². The molecule has 0 aromatic heterocycles. The summed E-state index contributed by atoms with van der Waals surface area (Å²) < 4.78 is 0. The molecule has 0 atom stereocenters. The van der Waals surface area contributed by atoms with E-state index in [-0.39, 0.29) is 5.84 Å². The quantitative estimate of drug-likeness (QED) is 0.0815. The van der Waals surface area contributed by atoms with Gasteiger partial charge in [0, 0.05) is 24.4 Å². The van der Waals surface area contributed by atoms with Gasteiger partial charge in [0.1, 0.15) is 5.84 Å². The minimum Gasteiger partial charge on any atom is -0.384 e. The zero-order valence-corrected chi connectivity index (χ0v) is 35.2. The normalized spacial score (nSPS) is 11.2. The van der Waals surface area contributed by atoms with Crippen LogP contribution in [0.2, 0.25) is 0 Å². The highest BCUT2D eigenvalue weighted by Gasteiger charge is 2.14. The molecule has 0 bridgehead atoms. The van der Waals surface area contributed by atoms with Gasteiger partial charge in [0.15, 0.2) is 0 Å². The average Bonchev–Trinajstić information content (AvgIpc) is 3.31. The van der Waals surface area contributed by atoms with Gasteiger partial charge in [-0.25, -0.2) is 0 Å². The molecule has 5 nitrogen and oxygen atoms in total. The van der Waals surface area contributed by atoms with Crippen molar-refractivity contribution in [3.63, 3.8) is 0 Å². The molecule has 1 aliphatic rings. The van der Waals surface area contributed by atoms with Crippen LogP contribution in [0.3, 0.4) is 0 Å². The van der Waals surface area contributed by atoms with Gasteiger partial charge in [0.25, 0.3) is 0 Å². The topological polar surface area (TPSA) is 126 Å². The lowest BCUT2D eigenvalue weighted by Crippen LogP contribution is -2.10. The van der Waals surface area contributed by atoms with E-state index in [1.165, 1.54) is 50.1 Å². The molecule has 0 radical (unpaired) electrons. The Morgan fingerprint density at radius 2 is 0.833 bits per heavy atom. The Labute approximate surface area is 358 Å². The summed E-state index contributed by atoms with van der Waals surface area (Å²) in [6.07, 6.45) is 6.96. The number of benzene rings is 7. The van der Waals surface area contributed by atoms with Crippen LogP contribution in [0.25, 0.3) is 22.3 Å². The van der Waals surface area contributed by atoms with Crippen LogP contribution in [0.4, 0.5) is 0 Å². The fourth-order valence-corrected chi connectivity index (χ4v) is 6.23. The number of nitrogens with two attached hydrogens (primary N) is 3. The molecule has 0 unspecified atom stereocenters. The molecule has 7 aromatic rings. The van der Waals surface area contributed by atoms with E-state index in [0.717, 1.165) is 29.5 Å². The molecule has 0 saturated carbocycles. The highest BCUT2D eigenvalue weighted by Crippen LogP contribution is 2.37. The smallest absolute Gasteiger partial charge is 0.122 e. The Kier molecular flexibility index (Phi) is 19.4. The van der Waals surface area contributed by atoms with Crippen molar-refractivity contribution in [2.75, 3.05) is 0 Å². The monoisotopic (exact) mass is 789 g/mol. The molecule has 0 amide bonds. The van der Waals surface area contributed by atoms with E-state index in [4.69, 9.17) is 28.0 Å². The van der Waals surface area contributed by atoms with Crippen molar-refractivity contribution in [3.05, 3.63) is 251 Å². The van der Waals surface area contributed by atoms with Crippen LogP contribution in [0.15, 0.2) is 206 Å². The highest BCUT2D eigenvalue weighted by molar-refractivity contribution is 6.06. The second-order valence-electron chi connectivity index (χ2n) is 14.3. The largest absolute Gasteiger partial charge is 0.384 e. The zero-order valence-electron chi connectivity index (χ0n) is 35.2. The SMILES string of the molecule is CC(=N)c1ccccc1.Cc1cccc(C2=CCCC=C2c2cccc(-c3cccc(CN)c3)c2)c1.Cc1ccccc1.N=C(N)c1ccccc1.NCc1ccccc1. The third-order valence-electron chi connectivity index (χ3n) is 9.46. The first kappa shape index (κ1) is 45.8. The van der Waals surface area contributed by atoms with Crippen LogP contribution < -0.4 is 17.2 Å². The van der Waals surface area contributed by atoms with Gasteiger partial charge in [-0.15, -0.1) is 0 Å². The van der Waals surface area contributed by atoms with Gasteiger partial charge in [-0.2, -0.15) is 0 Å². The van der Waals surface area contributed by atoms with Crippen molar-refractivity contribution in [1.82, 2.24) is 0 Å². The van der Waals surface area contributed by atoms with E-state index in [1.807, 2.05) is 109 Å². The van der Waals surface area contributed by atoms with E-state index in [9.17, 15) is 0 Å². The van der Waals surface area contributed by atoms with Crippen molar-refractivity contribution in [3.8, 4) is 11.1 Å². The van der Waals surface area contributed by atoms with Gasteiger partial charge in [-0.3, -0.25) is 5.41 Å². The number of nitrogen functional groups attached to an aromatic ring is 1. The van der Waals surface area contributed by atoms with Gasteiger partial charge < -0.3 is 22.6 Å². The number of hydrogen-bond donors (Lipinski definition) is 5. The number of allylic oxidation sites excluding steroid dienone is 4. The summed E-state index contributed by atoms with van der Waals surface area (Å²) in [7, 11) is 0. The molecule has 8 rings (SSSR count). The minimum atomic E-state index is 0.121. The molecule has 1 aliphatic carbocycles. The molecule has 304 valence electrons. The third kappa shape index (κ3) is 15.8. The zero-order chi connectivity index (χ0) is 43.0. The van der Waals surface area contributed by atoms with E-state index in [1.54, 1.807) is 6.92 Å². The lowest BCUT2D eigenvalue weighted by atomic mass is 9.86. The molecule has 0 saturated heterocycles. The maximum atomic E-state index is 7.24. The van der Waals surface area contributed by atoms with Crippen molar-refractivity contribution >= 4 is 22.7 Å². The average molecular weight is 790 g/mol. The van der Waals surface area contributed by atoms with Gasteiger partial charge in [-0.05, 0) is 95.8 Å². The van der Waals surface area contributed by atoms with Crippen LogP contribution in [0.1, 0.15) is 64.3 Å². The maximum Gasteiger partial charge on any atom is 0.122 e. The second kappa shape index (κ2) is 25.4. The van der Waals surface area contributed by atoms with Crippen LogP contribution in [-0.2, 0) is 13.1 Å². The number of hydrogen-bond acceptors (Lipinski definition) is 4.